The van der Waals surface area contributed by atoms with Crippen molar-refractivity contribution in [1.82, 2.24) is 5.32 Å². The molecule has 0 aliphatic carbocycles. The standard InChI is InChI=1S/C12H16F3NO2/c1-8(16-6-11(18)7-17)9-3-2-4-10(5-9)12(13,14)15/h2-5,8,11,16-18H,6-7H2,1H3/t8-,11+/m0/s1. The van der Waals surface area contributed by atoms with E-state index in [1.165, 1.54) is 6.07 Å². The van der Waals surface area contributed by atoms with Gasteiger partial charge in [0.2, 0.25) is 0 Å². The summed E-state index contributed by atoms with van der Waals surface area (Å²) in [5.74, 6) is 0. The van der Waals surface area contributed by atoms with Crippen LogP contribution in [0.5, 0.6) is 0 Å². The molecule has 1 rings (SSSR count). The van der Waals surface area contributed by atoms with Crippen LogP contribution in [-0.2, 0) is 6.18 Å². The third-order valence-electron chi connectivity index (χ3n) is 2.58. The lowest BCUT2D eigenvalue weighted by Crippen LogP contribution is -2.31. The Labute approximate surface area is 103 Å². The number of rotatable bonds is 5. The number of hydrogen-bond donors (Lipinski definition) is 3. The van der Waals surface area contributed by atoms with E-state index in [1.807, 2.05) is 0 Å². The monoisotopic (exact) mass is 263 g/mol. The first-order valence-corrected chi connectivity index (χ1v) is 5.54. The summed E-state index contributed by atoms with van der Waals surface area (Å²) in [7, 11) is 0. The molecule has 1 aromatic rings. The third kappa shape index (κ3) is 4.29. The molecule has 0 unspecified atom stereocenters. The molecule has 2 atom stereocenters. The Bertz CT molecular complexity index is 382. The minimum absolute atomic E-state index is 0.119. The third-order valence-corrected chi connectivity index (χ3v) is 2.58. The number of nitrogens with one attached hydrogen (secondary N) is 1. The molecule has 0 fully saturated rings. The average Bonchev–Trinajstić information content (AvgIpc) is 2.34. The summed E-state index contributed by atoms with van der Waals surface area (Å²) in [5.41, 5.74) is -0.216. The molecule has 0 saturated carbocycles. The highest BCUT2D eigenvalue weighted by atomic mass is 19.4. The van der Waals surface area contributed by atoms with E-state index in [0.717, 1.165) is 12.1 Å². The van der Waals surface area contributed by atoms with Gasteiger partial charge in [-0.3, -0.25) is 0 Å². The molecule has 0 radical (unpaired) electrons. The van der Waals surface area contributed by atoms with E-state index >= 15 is 0 Å². The topological polar surface area (TPSA) is 52.5 Å². The Balaban J connectivity index is 2.71. The van der Waals surface area contributed by atoms with Crippen LogP contribution in [0.4, 0.5) is 13.2 Å². The molecular formula is C12H16F3NO2. The van der Waals surface area contributed by atoms with E-state index in [1.54, 1.807) is 13.0 Å². The molecule has 6 heteroatoms. The number of benzene rings is 1. The SMILES string of the molecule is C[C@H](NC[C@@H](O)CO)c1cccc(C(F)(F)F)c1. The zero-order valence-corrected chi connectivity index (χ0v) is 9.91. The number of hydrogen-bond acceptors (Lipinski definition) is 3. The van der Waals surface area contributed by atoms with Gasteiger partial charge in [-0.1, -0.05) is 12.1 Å². The molecule has 0 bridgehead atoms. The summed E-state index contributed by atoms with van der Waals surface area (Å²) in [4.78, 5) is 0. The fourth-order valence-corrected chi connectivity index (χ4v) is 1.48. The van der Waals surface area contributed by atoms with Crippen molar-refractivity contribution in [1.29, 1.82) is 0 Å². The van der Waals surface area contributed by atoms with E-state index in [0.29, 0.717) is 5.56 Å². The maximum Gasteiger partial charge on any atom is 0.416 e. The van der Waals surface area contributed by atoms with Gasteiger partial charge in [0, 0.05) is 12.6 Å². The van der Waals surface area contributed by atoms with Crippen LogP contribution >= 0.6 is 0 Å². The molecule has 0 heterocycles. The van der Waals surface area contributed by atoms with E-state index in [2.05, 4.69) is 5.32 Å². The quantitative estimate of drug-likeness (QED) is 0.758. The molecule has 1 aromatic carbocycles. The van der Waals surface area contributed by atoms with E-state index in [9.17, 15) is 13.2 Å². The van der Waals surface area contributed by atoms with Crippen molar-refractivity contribution in [3.05, 3.63) is 35.4 Å². The smallest absolute Gasteiger partial charge is 0.394 e. The summed E-state index contributed by atoms with van der Waals surface area (Å²) in [6, 6.07) is 4.67. The van der Waals surface area contributed by atoms with Crippen LogP contribution in [-0.4, -0.2) is 29.5 Å². The van der Waals surface area contributed by atoms with Crippen molar-refractivity contribution < 1.29 is 23.4 Å². The Hall–Kier alpha value is -1.11. The minimum Gasteiger partial charge on any atom is -0.394 e. The largest absolute Gasteiger partial charge is 0.416 e. The summed E-state index contributed by atoms with van der Waals surface area (Å²) < 4.78 is 37.5. The fraction of sp³-hybridized carbons (Fsp3) is 0.500. The average molecular weight is 263 g/mol. The normalized spacial score (nSPS) is 15.4. The van der Waals surface area contributed by atoms with E-state index in [4.69, 9.17) is 10.2 Å². The lowest BCUT2D eigenvalue weighted by atomic mass is 10.0. The highest BCUT2D eigenvalue weighted by molar-refractivity contribution is 5.27. The summed E-state index contributed by atoms with van der Waals surface area (Å²) in [6.07, 6.45) is -5.28. The minimum atomic E-state index is -4.36. The van der Waals surface area contributed by atoms with Gasteiger partial charge < -0.3 is 15.5 Å². The van der Waals surface area contributed by atoms with Crippen LogP contribution in [0.3, 0.4) is 0 Å². The number of alkyl halides is 3. The highest BCUT2D eigenvalue weighted by Crippen LogP contribution is 2.30. The Morgan fingerprint density at radius 3 is 2.56 bits per heavy atom. The van der Waals surface area contributed by atoms with Gasteiger partial charge in [0.05, 0.1) is 18.3 Å². The van der Waals surface area contributed by atoms with Crippen molar-refractivity contribution in [2.24, 2.45) is 0 Å². The van der Waals surface area contributed by atoms with Gasteiger partial charge in [-0.25, -0.2) is 0 Å². The second-order valence-corrected chi connectivity index (χ2v) is 4.09. The van der Waals surface area contributed by atoms with Crippen LogP contribution in [0.25, 0.3) is 0 Å². The molecule has 18 heavy (non-hydrogen) atoms. The summed E-state index contributed by atoms with van der Waals surface area (Å²) >= 11 is 0. The van der Waals surface area contributed by atoms with E-state index < -0.39 is 17.8 Å². The zero-order valence-electron chi connectivity index (χ0n) is 9.91. The van der Waals surface area contributed by atoms with Gasteiger partial charge in [0.1, 0.15) is 0 Å². The van der Waals surface area contributed by atoms with Crippen LogP contribution in [0.15, 0.2) is 24.3 Å². The molecule has 0 aromatic heterocycles. The predicted octanol–water partition coefficient (Wildman–Crippen LogP) is 1.71. The van der Waals surface area contributed by atoms with Crippen molar-refractivity contribution in [2.45, 2.75) is 25.2 Å². The molecule has 0 aliphatic rings. The molecule has 0 amide bonds. The van der Waals surface area contributed by atoms with Crippen LogP contribution < -0.4 is 5.32 Å². The molecule has 0 aliphatic heterocycles. The second kappa shape index (κ2) is 6.17. The van der Waals surface area contributed by atoms with Gasteiger partial charge in [-0.15, -0.1) is 0 Å². The van der Waals surface area contributed by atoms with Crippen LogP contribution in [0.1, 0.15) is 24.1 Å². The fourth-order valence-electron chi connectivity index (χ4n) is 1.48. The lowest BCUT2D eigenvalue weighted by Gasteiger charge is -2.17. The highest BCUT2D eigenvalue weighted by Gasteiger charge is 2.30. The first kappa shape index (κ1) is 14.9. The first-order valence-electron chi connectivity index (χ1n) is 5.54. The van der Waals surface area contributed by atoms with Gasteiger partial charge in [-0.2, -0.15) is 13.2 Å². The number of aliphatic hydroxyl groups excluding tert-OH is 2. The van der Waals surface area contributed by atoms with Crippen molar-refractivity contribution in [2.75, 3.05) is 13.2 Å². The zero-order chi connectivity index (χ0) is 13.8. The summed E-state index contributed by atoms with van der Waals surface area (Å²) in [5, 5.41) is 20.6. The molecule has 102 valence electrons. The molecular weight excluding hydrogens is 247 g/mol. The Morgan fingerprint density at radius 2 is 2.00 bits per heavy atom. The predicted molar refractivity (Wildman–Crippen MR) is 61.0 cm³/mol. The summed E-state index contributed by atoms with van der Waals surface area (Å²) in [6.45, 7) is 1.43. The number of aliphatic hydroxyl groups is 2. The van der Waals surface area contributed by atoms with Gasteiger partial charge in [0.15, 0.2) is 0 Å². The lowest BCUT2D eigenvalue weighted by molar-refractivity contribution is -0.137. The molecule has 3 N–H and O–H groups in total. The van der Waals surface area contributed by atoms with E-state index in [-0.39, 0.29) is 19.2 Å². The Morgan fingerprint density at radius 1 is 1.33 bits per heavy atom. The number of halogens is 3. The molecule has 3 nitrogen and oxygen atoms in total. The van der Waals surface area contributed by atoms with Crippen molar-refractivity contribution in [3.8, 4) is 0 Å². The van der Waals surface area contributed by atoms with Crippen molar-refractivity contribution >= 4 is 0 Å². The van der Waals surface area contributed by atoms with Crippen LogP contribution in [0, 0.1) is 0 Å². The Kier molecular flexibility index (Phi) is 5.13. The van der Waals surface area contributed by atoms with Crippen LogP contribution in [0.2, 0.25) is 0 Å². The maximum absolute atomic E-state index is 12.5. The maximum atomic E-state index is 12.5. The van der Waals surface area contributed by atoms with Gasteiger partial charge in [0.25, 0.3) is 0 Å². The molecule has 0 saturated heterocycles. The second-order valence-electron chi connectivity index (χ2n) is 4.09. The van der Waals surface area contributed by atoms with Gasteiger partial charge in [-0.05, 0) is 24.6 Å². The first-order chi connectivity index (χ1) is 8.34. The molecule has 0 spiro atoms. The van der Waals surface area contributed by atoms with Crippen molar-refractivity contribution in [3.63, 3.8) is 0 Å². The van der Waals surface area contributed by atoms with Gasteiger partial charge >= 0.3 is 6.18 Å².